The van der Waals surface area contributed by atoms with Crippen LogP contribution in [0.15, 0.2) is 30.3 Å². The molecule has 0 saturated carbocycles. The van der Waals surface area contributed by atoms with Crippen molar-refractivity contribution in [1.82, 2.24) is 10.0 Å². The third kappa shape index (κ3) is 5.61. The Morgan fingerprint density at radius 3 is 2.75 bits per heavy atom. The topological polar surface area (TPSA) is 58.2 Å². The standard InChI is InChI=1S/C15H24N2O2S/c18-20(19,12-9-14-5-2-1-3-6-14)17-11-8-15-7-4-10-16-13-15/h1-3,5-6,15-17H,4,7-13H2. The number of rotatable bonds is 7. The van der Waals surface area contributed by atoms with Gasteiger partial charge in [0.05, 0.1) is 5.75 Å². The largest absolute Gasteiger partial charge is 0.316 e. The normalized spacial score (nSPS) is 19.9. The Balaban J connectivity index is 1.68. The Morgan fingerprint density at radius 2 is 2.05 bits per heavy atom. The molecule has 0 spiro atoms. The van der Waals surface area contributed by atoms with Crippen molar-refractivity contribution < 1.29 is 8.42 Å². The van der Waals surface area contributed by atoms with Crippen LogP contribution in [0.1, 0.15) is 24.8 Å². The fourth-order valence-corrected chi connectivity index (χ4v) is 3.64. The summed E-state index contributed by atoms with van der Waals surface area (Å²) < 4.78 is 26.6. The maximum Gasteiger partial charge on any atom is 0.211 e. The van der Waals surface area contributed by atoms with E-state index in [1.54, 1.807) is 0 Å². The maximum absolute atomic E-state index is 11.9. The van der Waals surface area contributed by atoms with Crippen LogP contribution in [0, 0.1) is 5.92 Å². The van der Waals surface area contributed by atoms with Gasteiger partial charge in [-0.3, -0.25) is 0 Å². The van der Waals surface area contributed by atoms with Gasteiger partial charge in [0.25, 0.3) is 0 Å². The molecule has 0 aliphatic carbocycles. The number of aryl methyl sites for hydroxylation is 1. The summed E-state index contributed by atoms with van der Waals surface area (Å²) in [5, 5.41) is 3.35. The summed E-state index contributed by atoms with van der Waals surface area (Å²) >= 11 is 0. The molecule has 1 saturated heterocycles. The number of sulfonamides is 1. The molecule has 1 fully saturated rings. The molecule has 4 nitrogen and oxygen atoms in total. The van der Waals surface area contributed by atoms with Gasteiger partial charge in [0.15, 0.2) is 0 Å². The van der Waals surface area contributed by atoms with Gasteiger partial charge in [-0.2, -0.15) is 0 Å². The van der Waals surface area contributed by atoms with E-state index in [-0.39, 0.29) is 5.75 Å². The summed E-state index contributed by atoms with van der Waals surface area (Å²) in [6, 6.07) is 9.73. The molecule has 1 unspecified atom stereocenters. The van der Waals surface area contributed by atoms with Crippen molar-refractivity contribution in [1.29, 1.82) is 0 Å². The maximum atomic E-state index is 11.9. The van der Waals surface area contributed by atoms with E-state index in [4.69, 9.17) is 0 Å². The molecule has 2 N–H and O–H groups in total. The highest BCUT2D eigenvalue weighted by molar-refractivity contribution is 7.89. The Labute approximate surface area is 122 Å². The molecule has 1 aliphatic heterocycles. The average Bonchev–Trinajstić information content (AvgIpc) is 2.47. The van der Waals surface area contributed by atoms with Crippen LogP contribution in [-0.4, -0.2) is 33.8 Å². The minimum atomic E-state index is -3.15. The third-order valence-corrected chi connectivity index (χ3v) is 5.16. The SMILES string of the molecule is O=S(=O)(CCc1ccccc1)NCCC1CCCNC1. The number of hydrogen-bond donors (Lipinski definition) is 2. The van der Waals surface area contributed by atoms with Crippen LogP contribution >= 0.6 is 0 Å². The highest BCUT2D eigenvalue weighted by Gasteiger charge is 2.15. The van der Waals surface area contributed by atoms with Crippen LogP contribution < -0.4 is 10.0 Å². The lowest BCUT2D eigenvalue weighted by molar-refractivity contribution is 0.358. The first kappa shape index (κ1) is 15.5. The van der Waals surface area contributed by atoms with Crippen LogP contribution in [0.3, 0.4) is 0 Å². The molecule has 1 heterocycles. The van der Waals surface area contributed by atoms with Gasteiger partial charge in [0.2, 0.25) is 10.0 Å². The van der Waals surface area contributed by atoms with Crippen molar-refractivity contribution in [3.8, 4) is 0 Å². The highest BCUT2D eigenvalue weighted by Crippen LogP contribution is 2.13. The Hall–Kier alpha value is -0.910. The zero-order chi connectivity index (χ0) is 14.3. The second-order valence-electron chi connectivity index (χ2n) is 5.45. The van der Waals surface area contributed by atoms with Crippen molar-refractivity contribution >= 4 is 10.0 Å². The Kier molecular flexibility index (Phi) is 6.01. The van der Waals surface area contributed by atoms with Crippen LogP contribution in [-0.2, 0) is 16.4 Å². The van der Waals surface area contributed by atoms with Crippen LogP contribution in [0.2, 0.25) is 0 Å². The van der Waals surface area contributed by atoms with E-state index >= 15 is 0 Å². The second-order valence-corrected chi connectivity index (χ2v) is 7.38. The molecule has 112 valence electrons. The smallest absolute Gasteiger partial charge is 0.211 e. The first-order chi connectivity index (χ1) is 9.66. The zero-order valence-electron chi connectivity index (χ0n) is 11.8. The molecule has 0 radical (unpaired) electrons. The molecule has 0 amide bonds. The quantitative estimate of drug-likeness (QED) is 0.802. The average molecular weight is 296 g/mol. The summed E-state index contributed by atoms with van der Waals surface area (Å²) in [5.74, 6) is 0.778. The summed E-state index contributed by atoms with van der Waals surface area (Å²) in [7, 11) is -3.15. The fourth-order valence-electron chi connectivity index (χ4n) is 2.56. The number of benzene rings is 1. The molecule has 5 heteroatoms. The van der Waals surface area contributed by atoms with Gasteiger partial charge in [-0.15, -0.1) is 0 Å². The molecule has 1 atom stereocenters. The lowest BCUT2D eigenvalue weighted by atomic mass is 9.96. The lowest BCUT2D eigenvalue weighted by Gasteiger charge is -2.22. The van der Waals surface area contributed by atoms with E-state index in [0.29, 0.717) is 18.9 Å². The van der Waals surface area contributed by atoms with Crippen molar-refractivity contribution in [3.05, 3.63) is 35.9 Å². The minimum absolute atomic E-state index is 0.167. The highest BCUT2D eigenvalue weighted by atomic mass is 32.2. The predicted octanol–water partition coefficient (Wildman–Crippen LogP) is 1.54. The Morgan fingerprint density at radius 1 is 1.25 bits per heavy atom. The number of nitrogens with one attached hydrogen (secondary N) is 2. The van der Waals surface area contributed by atoms with Gasteiger partial charge >= 0.3 is 0 Å². The van der Waals surface area contributed by atoms with Crippen molar-refractivity contribution in [3.63, 3.8) is 0 Å². The van der Waals surface area contributed by atoms with Gasteiger partial charge < -0.3 is 5.32 Å². The van der Waals surface area contributed by atoms with Gasteiger partial charge in [-0.05, 0) is 50.3 Å². The molecule has 1 aliphatic rings. The lowest BCUT2D eigenvalue weighted by Crippen LogP contribution is -2.34. The monoisotopic (exact) mass is 296 g/mol. The molecule has 1 aromatic carbocycles. The zero-order valence-corrected chi connectivity index (χ0v) is 12.7. The van der Waals surface area contributed by atoms with Gasteiger partial charge in [-0.25, -0.2) is 13.1 Å². The van der Waals surface area contributed by atoms with Crippen molar-refractivity contribution in [2.45, 2.75) is 25.7 Å². The summed E-state index contributed by atoms with van der Waals surface area (Å²) in [4.78, 5) is 0. The van der Waals surface area contributed by atoms with Crippen molar-refractivity contribution in [2.75, 3.05) is 25.4 Å². The van der Waals surface area contributed by atoms with E-state index in [9.17, 15) is 8.42 Å². The van der Waals surface area contributed by atoms with Crippen molar-refractivity contribution in [2.24, 2.45) is 5.92 Å². The first-order valence-corrected chi connectivity index (χ1v) is 9.03. The van der Waals surface area contributed by atoms with Gasteiger partial charge in [-0.1, -0.05) is 30.3 Å². The number of hydrogen-bond acceptors (Lipinski definition) is 3. The minimum Gasteiger partial charge on any atom is -0.316 e. The predicted molar refractivity (Wildman–Crippen MR) is 82.1 cm³/mol. The third-order valence-electron chi connectivity index (χ3n) is 3.78. The molecule has 0 aromatic heterocycles. The number of piperidine rings is 1. The Bertz CT molecular complexity index is 482. The van der Waals surface area contributed by atoms with E-state index in [1.165, 1.54) is 12.8 Å². The van der Waals surface area contributed by atoms with E-state index in [0.717, 1.165) is 25.1 Å². The van der Waals surface area contributed by atoms with E-state index in [2.05, 4.69) is 10.0 Å². The van der Waals surface area contributed by atoms with Gasteiger partial charge in [0.1, 0.15) is 0 Å². The second kappa shape index (κ2) is 7.76. The first-order valence-electron chi connectivity index (χ1n) is 7.38. The van der Waals surface area contributed by atoms with Gasteiger partial charge in [0, 0.05) is 6.54 Å². The summed E-state index contributed by atoms with van der Waals surface area (Å²) in [6.45, 7) is 2.68. The fraction of sp³-hybridized carbons (Fsp3) is 0.600. The van der Waals surface area contributed by atoms with Crippen LogP contribution in [0.5, 0.6) is 0 Å². The molecule has 2 rings (SSSR count). The molecular weight excluding hydrogens is 272 g/mol. The summed E-state index contributed by atoms with van der Waals surface area (Å²) in [6.07, 6.45) is 3.91. The molecule has 1 aromatic rings. The molecule has 20 heavy (non-hydrogen) atoms. The van der Waals surface area contributed by atoms with E-state index < -0.39 is 10.0 Å². The molecule has 0 bridgehead atoms. The van der Waals surface area contributed by atoms with Crippen LogP contribution in [0.4, 0.5) is 0 Å². The molecular formula is C15H24N2O2S. The van der Waals surface area contributed by atoms with Crippen LogP contribution in [0.25, 0.3) is 0 Å². The summed E-state index contributed by atoms with van der Waals surface area (Å²) in [5.41, 5.74) is 1.06. The van der Waals surface area contributed by atoms with E-state index in [1.807, 2.05) is 30.3 Å².